The third-order valence-electron chi connectivity index (χ3n) is 7.56. The number of nitrogens with two attached hydrogens (primary N) is 1. The number of aromatic nitrogens is 4. The van der Waals surface area contributed by atoms with Crippen LogP contribution in [-0.2, 0) is 5.54 Å². The maximum absolute atomic E-state index is 10.5. The second kappa shape index (κ2) is 8.25. The molecule has 0 aliphatic heterocycles. The van der Waals surface area contributed by atoms with E-state index in [2.05, 4.69) is 52.7 Å². The van der Waals surface area contributed by atoms with Crippen molar-refractivity contribution in [2.75, 3.05) is 0 Å². The standard InChI is InChI=1S/C31H25N5O/c32-31(17-6-18-31)22-13-11-21(12-14-22)29-24(20-7-2-1-3-8-20)19-26-25(33-29)15-16-28-34-35-30(36(26)28)23-9-4-5-10-27(23)37/h1-5,7-16,19,37H,6,17-18,32H2. The maximum Gasteiger partial charge on any atom is 0.172 e. The molecule has 6 nitrogen and oxygen atoms in total. The van der Waals surface area contributed by atoms with Crippen LogP contribution >= 0.6 is 0 Å². The predicted molar refractivity (Wildman–Crippen MR) is 146 cm³/mol. The molecular formula is C31H25N5O. The molecule has 3 aromatic carbocycles. The number of para-hydroxylation sites is 1. The highest BCUT2D eigenvalue weighted by atomic mass is 16.3. The van der Waals surface area contributed by atoms with E-state index in [1.807, 2.05) is 46.9 Å². The maximum atomic E-state index is 10.5. The van der Waals surface area contributed by atoms with Gasteiger partial charge in [-0.2, -0.15) is 0 Å². The molecule has 0 amide bonds. The molecule has 0 unspecified atom stereocenters. The lowest BCUT2D eigenvalue weighted by Crippen LogP contribution is -2.43. The van der Waals surface area contributed by atoms with Crippen molar-refractivity contribution in [3.63, 3.8) is 0 Å². The van der Waals surface area contributed by atoms with Crippen LogP contribution in [0.3, 0.4) is 0 Å². The fraction of sp³-hybridized carbons (Fsp3) is 0.129. The number of rotatable bonds is 4. The fourth-order valence-electron chi connectivity index (χ4n) is 5.32. The van der Waals surface area contributed by atoms with E-state index >= 15 is 0 Å². The average molecular weight is 484 g/mol. The summed E-state index contributed by atoms with van der Waals surface area (Å²) >= 11 is 0. The van der Waals surface area contributed by atoms with E-state index in [4.69, 9.17) is 10.7 Å². The number of fused-ring (bicyclic) bond motifs is 3. The molecule has 0 radical (unpaired) electrons. The highest BCUT2D eigenvalue weighted by Gasteiger charge is 2.34. The Labute approximate surface area is 214 Å². The van der Waals surface area contributed by atoms with E-state index in [0.717, 1.165) is 46.3 Å². The Morgan fingerprint density at radius 2 is 1.51 bits per heavy atom. The average Bonchev–Trinajstić information content (AvgIpc) is 3.36. The molecule has 6 aromatic rings. The number of phenols is 1. The Morgan fingerprint density at radius 3 is 2.24 bits per heavy atom. The third-order valence-corrected chi connectivity index (χ3v) is 7.56. The van der Waals surface area contributed by atoms with Crippen LogP contribution in [0.4, 0.5) is 0 Å². The fourth-order valence-corrected chi connectivity index (χ4v) is 5.32. The molecule has 6 heteroatoms. The number of phenolic OH excluding ortho intramolecular Hbond substituents is 1. The molecule has 1 aliphatic rings. The number of aromatic hydroxyl groups is 1. The minimum absolute atomic E-state index is 0.158. The van der Waals surface area contributed by atoms with Crippen LogP contribution in [0, 0.1) is 0 Å². The van der Waals surface area contributed by atoms with E-state index in [9.17, 15) is 5.11 Å². The second-order valence-electron chi connectivity index (χ2n) is 9.81. The van der Waals surface area contributed by atoms with Crippen molar-refractivity contribution in [2.24, 2.45) is 5.73 Å². The summed E-state index contributed by atoms with van der Waals surface area (Å²) in [7, 11) is 0. The summed E-state index contributed by atoms with van der Waals surface area (Å²) in [4.78, 5) is 5.16. The zero-order valence-electron chi connectivity index (χ0n) is 20.2. The predicted octanol–water partition coefficient (Wildman–Crippen LogP) is 6.32. The van der Waals surface area contributed by atoms with Crippen LogP contribution in [0.1, 0.15) is 24.8 Å². The Kier molecular flexibility index (Phi) is 4.84. The van der Waals surface area contributed by atoms with Gasteiger partial charge in [0.05, 0.1) is 22.3 Å². The minimum Gasteiger partial charge on any atom is -0.507 e. The van der Waals surface area contributed by atoms with Crippen LogP contribution in [0.25, 0.3) is 50.5 Å². The number of pyridine rings is 2. The van der Waals surface area contributed by atoms with Gasteiger partial charge in [-0.3, -0.25) is 4.40 Å². The number of hydrogen-bond donors (Lipinski definition) is 2. The van der Waals surface area contributed by atoms with E-state index in [1.165, 1.54) is 12.0 Å². The molecule has 1 aliphatic carbocycles. The molecule has 3 aromatic heterocycles. The highest BCUT2D eigenvalue weighted by molar-refractivity contribution is 5.92. The molecule has 180 valence electrons. The van der Waals surface area contributed by atoms with Crippen molar-refractivity contribution in [1.29, 1.82) is 0 Å². The van der Waals surface area contributed by atoms with Crippen LogP contribution in [0.15, 0.2) is 97.1 Å². The zero-order chi connectivity index (χ0) is 25.0. The zero-order valence-corrected chi connectivity index (χ0v) is 20.2. The first kappa shape index (κ1) is 21.7. The van der Waals surface area contributed by atoms with Gasteiger partial charge in [-0.1, -0.05) is 66.7 Å². The first-order valence-electron chi connectivity index (χ1n) is 12.5. The SMILES string of the molecule is NC1(c2ccc(-c3nc4ccc5nnc(-c6ccccc6O)n5c4cc3-c3ccccc3)cc2)CCC1. The largest absolute Gasteiger partial charge is 0.507 e. The van der Waals surface area contributed by atoms with E-state index in [0.29, 0.717) is 17.0 Å². The molecule has 0 saturated heterocycles. The first-order chi connectivity index (χ1) is 18.1. The summed E-state index contributed by atoms with van der Waals surface area (Å²) in [6, 6.07) is 32.1. The van der Waals surface area contributed by atoms with Gasteiger partial charge in [0.1, 0.15) is 5.75 Å². The van der Waals surface area contributed by atoms with Crippen molar-refractivity contribution in [3.05, 3.63) is 103 Å². The topological polar surface area (TPSA) is 89.3 Å². The molecular weight excluding hydrogens is 458 g/mol. The molecule has 0 bridgehead atoms. The number of nitrogens with zero attached hydrogens (tertiary/aromatic N) is 4. The van der Waals surface area contributed by atoms with Crippen LogP contribution in [0.2, 0.25) is 0 Å². The van der Waals surface area contributed by atoms with Crippen molar-refractivity contribution < 1.29 is 5.11 Å². The molecule has 3 heterocycles. The molecule has 0 atom stereocenters. The van der Waals surface area contributed by atoms with Gasteiger partial charge in [0, 0.05) is 16.7 Å². The molecule has 1 saturated carbocycles. The van der Waals surface area contributed by atoms with Gasteiger partial charge in [-0.25, -0.2) is 4.98 Å². The van der Waals surface area contributed by atoms with E-state index in [1.54, 1.807) is 12.1 Å². The Hall–Kier alpha value is -4.55. The molecule has 0 spiro atoms. The van der Waals surface area contributed by atoms with Crippen LogP contribution in [-0.4, -0.2) is 24.7 Å². The molecule has 37 heavy (non-hydrogen) atoms. The van der Waals surface area contributed by atoms with E-state index in [-0.39, 0.29) is 11.3 Å². The summed E-state index contributed by atoms with van der Waals surface area (Å²) in [5.74, 6) is 0.733. The van der Waals surface area contributed by atoms with Gasteiger partial charge in [0.2, 0.25) is 0 Å². The monoisotopic (exact) mass is 483 g/mol. The van der Waals surface area contributed by atoms with Crippen molar-refractivity contribution in [2.45, 2.75) is 24.8 Å². The van der Waals surface area contributed by atoms with Gasteiger partial charge in [-0.05, 0) is 60.7 Å². The first-order valence-corrected chi connectivity index (χ1v) is 12.5. The number of benzene rings is 3. The minimum atomic E-state index is -0.197. The summed E-state index contributed by atoms with van der Waals surface area (Å²) in [5.41, 5.74) is 14.6. The highest BCUT2D eigenvalue weighted by Crippen LogP contribution is 2.40. The van der Waals surface area contributed by atoms with Gasteiger partial charge >= 0.3 is 0 Å². The van der Waals surface area contributed by atoms with Gasteiger partial charge in [0.25, 0.3) is 0 Å². The van der Waals surface area contributed by atoms with Crippen LogP contribution < -0.4 is 5.73 Å². The molecule has 1 fully saturated rings. The molecule has 7 rings (SSSR count). The van der Waals surface area contributed by atoms with Crippen molar-refractivity contribution in [3.8, 4) is 39.5 Å². The quantitative estimate of drug-likeness (QED) is 0.306. The Bertz CT molecular complexity index is 1770. The third kappa shape index (κ3) is 3.49. The van der Waals surface area contributed by atoms with Gasteiger partial charge in [-0.15, -0.1) is 10.2 Å². The smallest absolute Gasteiger partial charge is 0.172 e. The summed E-state index contributed by atoms with van der Waals surface area (Å²) < 4.78 is 1.96. The lowest BCUT2D eigenvalue weighted by atomic mass is 9.72. The van der Waals surface area contributed by atoms with Gasteiger partial charge < -0.3 is 10.8 Å². The Balaban J connectivity index is 1.47. The summed E-state index contributed by atoms with van der Waals surface area (Å²) in [6.45, 7) is 0. The Morgan fingerprint density at radius 1 is 0.757 bits per heavy atom. The van der Waals surface area contributed by atoms with Gasteiger partial charge in [0.15, 0.2) is 11.5 Å². The second-order valence-corrected chi connectivity index (χ2v) is 9.81. The van der Waals surface area contributed by atoms with Crippen molar-refractivity contribution in [1.82, 2.24) is 19.6 Å². The normalized spacial score (nSPS) is 14.6. The van der Waals surface area contributed by atoms with Crippen LogP contribution in [0.5, 0.6) is 5.75 Å². The number of hydrogen-bond acceptors (Lipinski definition) is 5. The summed E-state index contributed by atoms with van der Waals surface area (Å²) in [6.07, 6.45) is 3.25. The molecule has 3 N–H and O–H groups in total. The lowest BCUT2D eigenvalue weighted by molar-refractivity contribution is 0.253. The summed E-state index contributed by atoms with van der Waals surface area (Å²) in [5, 5.41) is 19.3. The van der Waals surface area contributed by atoms with Crippen molar-refractivity contribution >= 4 is 16.7 Å². The lowest BCUT2D eigenvalue weighted by Gasteiger charge is -2.38. The van der Waals surface area contributed by atoms with E-state index < -0.39 is 0 Å².